The van der Waals surface area contributed by atoms with Gasteiger partial charge in [-0.25, -0.2) is 0 Å². The van der Waals surface area contributed by atoms with E-state index in [9.17, 15) is 0 Å². The zero-order valence-corrected chi connectivity index (χ0v) is 13.7. The van der Waals surface area contributed by atoms with Gasteiger partial charge in [-0.15, -0.1) is 0 Å². The summed E-state index contributed by atoms with van der Waals surface area (Å²) >= 11 is 3.56. The number of halogens is 1. The summed E-state index contributed by atoms with van der Waals surface area (Å²) in [5, 5.41) is 3.31. The van der Waals surface area contributed by atoms with Crippen molar-refractivity contribution < 1.29 is 0 Å². The average molecular weight is 334 g/mol. The van der Waals surface area contributed by atoms with Crippen LogP contribution in [0.1, 0.15) is 24.1 Å². The van der Waals surface area contributed by atoms with Gasteiger partial charge < -0.3 is 10.2 Å². The van der Waals surface area contributed by atoms with Crippen molar-refractivity contribution in [2.75, 3.05) is 19.0 Å². The van der Waals surface area contributed by atoms with Crippen molar-refractivity contribution in [3.8, 4) is 0 Å². The zero-order valence-electron chi connectivity index (χ0n) is 12.1. The third-order valence-electron chi connectivity index (χ3n) is 3.47. The van der Waals surface area contributed by atoms with Crippen LogP contribution in [-0.4, -0.2) is 19.1 Å². The predicted molar refractivity (Wildman–Crippen MR) is 88.0 cm³/mol. The van der Waals surface area contributed by atoms with E-state index in [1.54, 1.807) is 0 Å². The highest BCUT2D eigenvalue weighted by Gasteiger charge is 2.13. The van der Waals surface area contributed by atoms with E-state index in [0.29, 0.717) is 6.04 Å². The largest absolute Gasteiger partial charge is 0.370 e. The fourth-order valence-corrected chi connectivity index (χ4v) is 2.57. The first-order valence-electron chi connectivity index (χ1n) is 6.68. The van der Waals surface area contributed by atoms with Gasteiger partial charge in [0, 0.05) is 42.2 Å². The molecule has 1 N–H and O–H groups in total. The Morgan fingerprint density at radius 3 is 2.60 bits per heavy atom. The summed E-state index contributed by atoms with van der Waals surface area (Å²) in [5.74, 6) is 0. The van der Waals surface area contributed by atoms with Gasteiger partial charge in [-0.05, 0) is 49.4 Å². The SMILES string of the molecule is CNC(C)c1ccc(Br)cc1N(C)Cc1ccncc1. The predicted octanol–water partition coefficient (Wildman–Crippen LogP) is 3.76. The minimum Gasteiger partial charge on any atom is -0.370 e. The highest BCUT2D eigenvalue weighted by atomic mass is 79.9. The molecule has 0 radical (unpaired) electrons. The Morgan fingerprint density at radius 1 is 1.25 bits per heavy atom. The van der Waals surface area contributed by atoms with Crippen molar-refractivity contribution in [3.63, 3.8) is 0 Å². The van der Waals surface area contributed by atoms with Crippen molar-refractivity contribution in [2.45, 2.75) is 19.5 Å². The smallest absolute Gasteiger partial charge is 0.0427 e. The molecular weight excluding hydrogens is 314 g/mol. The van der Waals surface area contributed by atoms with Crippen LogP contribution in [-0.2, 0) is 6.54 Å². The molecule has 0 amide bonds. The third kappa shape index (κ3) is 3.58. The van der Waals surface area contributed by atoms with Crippen LogP contribution >= 0.6 is 15.9 Å². The highest BCUT2D eigenvalue weighted by Crippen LogP contribution is 2.29. The molecule has 2 rings (SSSR count). The highest BCUT2D eigenvalue weighted by molar-refractivity contribution is 9.10. The molecule has 1 unspecified atom stereocenters. The first-order valence-corrected chi connectivity index (χ1v) is 7.48. The van der Waals surface area contributed by atoms with Gasteiger partial charge in [-0.3, -0.25) is 4.98 Å². The molecule has 20 heavy (non-hydrogen) atoms. The number of benzene rings is 1. The Balaban J connectivity index is 2.28. The second kappa shape index (κ2) is 6.86. The van der Waals surface area contributed by atoms with E-state index >= 15 is 0 Å². The quantitative estimate of drug-likeness (QED) is 0.902. The molecular formula is C16H20BrN3. The fourth-order valence-electron chi connectivity index (χ4n) is 2.22. The standard InChI is InChI=1S/C16H20BrN3/c1-12(18-2)15-5-4-14(17)10-16(15)20(3)11-13-6-8-19-9-7-13/h4-10,12,18H,11H2,1-3H3. The molecule has 0 saturated carbocycles. The molecule has 1 atom stereocenters. The monoisotopic (exact) mass is 333 g/mol. The Morgan fingerprint density at radius 2 is 1.95 bits per heavy atom. The Bertz CT molecular complexity index is 557. The molecule has 1 heterocycles. The minimum atomic E-state index is 0.318. The minimum absolute atomic E-state index is 0.318. The lowest BCUT2D eigenvalue weighted by Gasteiger charge is -2.25. The molecule has 2 aromatic rings. The van der Waals surface area contributed by atoms with Gasteiger partial charge in [0.2, 0.25) is 0 Å². The fraction of sp³-hybridized carbons (Fsp3) is 0.312. The topological polar surface area (TPSA) is 28.2 Å². The number of nitrogens with one attached hydrogen (secondary N) is 1. The van der Waals surface area contributed by atoms with E-state index < -0.39 is 0 Å². The summed E-state index contributed by atoms with van der Waals surface area (Å²) in [5.41, 5.74) is 3.79. The van der Waals surface area contributed by atoms with E-state index in [1.165, 1.54) is 16.8 Å². The van der Waals surface area contributed by atoms with Gasteiger partial charge in [0.05, 0.1) is 0 Å². The molecule has 0 saturated heterocycles. The van der Waals surface area contributed by atoms with Crippen LogP contribution in [0.3, 0.4) is 0 Å². The summed E-state index contributed by atoms with van der Waals surface area (Å²) in [4.78, 5) is 6.33. The van der Waals surface area contributed by atoms with Gasteiger partial charge in [0.1, 0.15) is 0 Å². The van der Waals surface area contributed by atoms with Gasteiger partial charge in [-0.1, -0.05) is 22.0 Å². The number of rotatable bonds is 5. The number of nitrogens with zero attached hydrogens (tertiary/aromatic N) is 2. The molecule has 0 aliphatic heterocycles. The van der Waals surface area contributed by atoms with Gasteiger partial charge in [-0.2, -0.15) is 0 Å². The van der Waals surface area contributed by atoms with Crippen LogP contribution in [0.5, 0.6) is 0 Å². The Labute approximate surface area is 129 Å². The van der Waals surface area contributed by atoms with Gasteiger partial charge in [0.15, 0.2) is 0 Å². The zero-order chi connectivity index (χ0) is 14.5. The molecule has 0 aliphatic carbocycles. The molecule has 0 spiro atoms. The summed E-state index contributed by atoms with van der Waals surface area (Å²) in [6.45, 7) is 3.04. The maximum Gasteiger partial charge on any atom is 0.0427 e. The van der Waals surface area contributed by atoms with Crippen LogP contribution in [0.25, 0.3) is 0 Å². The number of hydrogen-bond donors (Lipinski definition) is 1. The molecule has 106 valence electrons. The second-order valence-electron chi connectivity index (χ2n) is 4.93. The lowest BCUT2D eigenvalue weighted by molar-refractivity contribution is 0.649. The number of pyridine rings is 1. The first kappa shape index (κ1) is 15.0. The average Bonchev–Trinajstić information content (AvgIpc) is 2.47. The van der Waals surface area contributed by atoms with Crippen LogP contribution in [0.2, 0.25) is 0 Å². The van der Waals surface area contributed by atoms with Crippen molar-refractivity contribution in [2.24, 2.45) is 0 Å². The third-order valence-corrected chi connectivity index (χ3v) is 3.97. The molecule has 0 aliphatic rings. The maximum atomic E-state index is 4.06. The lowest BCUT2D eigenvalue weighted by atomic mass is 10.1. The van der Waals surface area contributed by atoms with Crippen LogP contribution in [0.4, 0.5) is 5.69 Å². The van der Waals surface area contributed by atoms with E-state index in [1.807, 2.05) is 19.4 Å². The van der Waals surface area contributed by atoms with Crippen molar-refractivity contribution in [1.82, 2.24) is 10.3 Å². The van der Waals surface area contributed by atoms with E-state index in [-0.39, 0.29) is 0 Å². The second-order valence-corrected chi connectivity index (χ2v) is 5.84. The summed E-state index contributed by atoms with van der Waals surface area (Å²) in [6, 6.07) is 10.9. The number of hydrogen-bond acceptors (Lipinski definition) is 3. The molecule has 0 fully saturated rings. The van der Waals surface area contributed by atoms with Crippen molar-refractivity contribution >= 4 is 21.6 Å². The van der Waals surface area contributed by atoms with Gasteiger partial charge >= 0.3 is 0 Å². The van der Waals surface area contributed by atoms with E-state index in [0.717, 1.165) is 11.0 Å². The summed E-state index contributed by atoms with van der Waals surface area (Å²) in [7, 11) is 4.10. The maximum absolute atomic E-state index is 4.06. The van der Waals surface area contributed by atoms with Crippen LogP contribution in [0.15, 0.2) is 47.2 Å². The normalized spacial score (nSPS) is 12.2. The first-order chi connectivity index (χ1) is 9.61. The van der Waals surface area contributed by atoms with E-state index in [2.05, 4.69) is 75.4 Å². The van der Waals surface area contributed by atoms with Crippen LogP contribution in [0, 0.1) is 0 Å². The Kier molecular flexibility index (Phi) is 5.15. The molecule has 3 nitrogen and oxygen atoms in total. The Hall–Kier alpha value is -1.39. The summed E-state index contributed by atoms with van der Waals surface area (Å²) < 4.78 is 1.10. The number of aromatic nitrogens is 1. The van der Waals surface area contributed by atoms with Crippen LogP contribution < -0.4 is 10.2 Å². The molecule has 1 aromatic carbocycles. The number of anilines is 1. The van der Waals surface area contributed by atoms with Gasteiger partial charge in [0.25, 0.3) is 0 Å². The molecule has 4 heteroatoms. The lowest BCUT2D eigenvalue weighted by Crippen LogP contribution is -2.21. The van der Waals surface area contributed by atoms with Crippen molar-refractivity contribution in [3.05, 3.63) is 58.3 Å². The van der Waals surface area contributed by atoms with Crippen molar-refractivity contribution in [1.29, 1.82) is 0 Å². The van der Waals surface area contributed by atoms with E-state index in [4.69, 9.17) is 0 Å². The molecule has 0 bridgehead atoms. The molecule has 1 aromatic heterocycles. The summed E-state index contributed by atoms with van der Waals surface area (Å²) in [6.07, 6.45) is 3.67.